The van der Waals surface area contributed by atoms with Gasteiger partial charge in [0, 0.05) is 32.7 Å². The van der Waals surface area contributed by atoms with Crippen molar-refractivity contribution in [3.63, 3.8) is 0 Å². The molecule has 26 heavy (non-hydrogen) atoms. The van der Waals surface area contributed by atoms with Gasteiger partial charge in [-0.25, -0.2) is 0 Å². The average Bonchev–Trinajstić information content (AvgIpc) is 2.68. The lowest BCUT2D eigenvalue weighted by Gasteiger charge is -2.37. The molecular weight excluding hydrogens is 328 g/mol. The maximum atomic E-state index is 5.49. The monoisotopic (exact) mass is 356 g/mol. The summed E-state index contributed by atoms with van der Waals surface area (Å²) in [6, 6.07) is 8.16. The molecule has 0 amide bonds. The molecule has 1 fully saturated rings. The number of methoxy groups -OCH3 is 1. The predicted octanol–water partition coefficient (Wildman–Crippen LogP) is 2.66. The fourth-order valence-corrected chi connectivity index (χ4v) is 3.06. The van der Waals surface area contributed by atoms with Crippen molar-refractivity contribution in [3.8, 4) is 5.75 Å². The second-order valence-electron chi connectivity index (χ2n) is 6.89. The molecule has 3 rings (SSSR count). The lowest BCUT2D eigenvalue weighted by molar-refractivity contribution is 0.413. The van der Waals surface area contributed by atoms with Crippen LogP contribution in [-0.2, 0) is 0 Å². The van der Waals surface area contributed by atoms with Crippen LogP contribution >= 0.6 is 0 Å². The topological polar surface area (TPSA) is 66.4 Å². The standard InChI is InChI=1S/C19H28N6O/c1-15(2)8-9-20-19-22-18(14-21-23-19)25-12-10-24(11-13-25)16-6-4-5-7-17(16)26-3/h4-7,14-15H,8-13H2,1-3H3,(H,20,22,23). The highest BCUT2D eigenvalue weighted by Crippen LogP contribution is 2.28. The Labute approximate surface area is 155 Å². The van der Waals surface area contributed by atoms with E-state index in [1.54, 1.807) is 13.3 Å². The van der Waals surface area contributed by atoms with Gasteiger partial charge in [0.1, 0.15) is 5.75 Å². The molecule has 0 saturated carbocycles. The smallest absolute Gasteiger partial charge is 0.244 e. The third-order valence-corrected chi connectivity index (χ3v) is 4.58. The van der Waals surface area contributed by atoms with Gasteiger partial charge < -0.3 is 19.9 Å². The number of benzene rings is 1. The van der Waals surface area contributed by atoms with Crippen molar-refractivity contribution in [2.75, 3.05) is 55.0 Å². The van der Waals surface area contributed by atoms with Gasteiger partial charge in [-0.1, -0.05) is 26.0 Å². The molecular formula is C19H28N6O. The first-order chi connectivity index (χ1) is 12.7. The predicted molar refractivity (Wildman–Crippen MR) is 105 cm³/mol. The highest BCUT2D eigenvalue weighted by atomic mass is 16.5. The van der Waals surface area contributed by atoms with Crippen LogP contribution in [0.15, 0.2) is 30.5 Å². The Bertz CT molecular complexity index is 700. The molecule has 0 atom stereocenters. The third-order valence-electron chi connectivity index (χ3n) is 4.58. The third kappa shape index (κ3) is 4.53. The van der Waals surface area contributed by atoms with Gasteiger partial charge in [0.15, 0.2) is 5.82 Å². The zero-order valence-corrected chi connectivity index (χ0v) is 15.9. The number of piperazine rings is 1. The van der Waals surface area contributed by atoms with Crippen LogP contribution in [-0.4, -0.2) is 55.0 Å². The SMILES string of the molecule is COc1ccccc1N1CCN(c2cnnc(NCCC(C)C)n2)CC1. The molecule has 0 spiro atoms. The first kappa shape index (κ1) is 18.2. The summed E-state index contributed by atoms with van der Waals surface area (Å²) in [6.07, 6.45) is 2.83. The molecule has 7 nitrogen and oxygen atoms in total. The van der Waals surface area contributed by atoms with E-state index in [1.165, 1.54) is 0 Å². The Morgan fingerprint density at radius 3 is 2.58 bits per heavy atom. The lowest BCUT2D eigenvalue weighted by Crippen LogP contribution is -2.47. The van der Waals surface area contributed by atoms with Crippen molar-refractivity contribution in [2.45, 2.75) is 20.3 Å². The Morgan fingerprint density at radius 2 is 1.85 bits per heavy atom. The normalized spacial score (nSPS) is 14.6. The molecule has 1 aliphatic rings. The summed E-state index contributed by atoms with van der Waals surface area (Å²) in [7, 11) is 1.72. The Morgan fingerprint density at radius 1 is 1.12 bits per heavy atom. The average molecular weight is 356 g/mol. The molecule has 1 N–H and O–H groups in total. The van der Waals surface area contributed by atoms with Crippen LogP contribution in [0.4, 0.5) is 17.5 Å². The van der Waals surface area contributed by atoms with E-state index in [0.717, 1.165) is 56.4 Å². The molecule has 1 aromatic heterocycles. The van der Waals surface area contributed by atoms with Crippen LogP contribution in [0.3, 0.4) is 0 Å². The van der Waals surface area contributed by atoms with Gasteiger partial charge in [0.2, 0.25) is 5.95 Å². The summed E-state index contributed by atoms with van der Waals surface area (Å²) >= 11 is 0. The number of hydrogen-bond donors (Lipinski definition) is 1. The number of nitrogens with zero attached hydrogens (tertiary/aromatic N) is 5. The van der Waals surface area contributed by atoms with E-state index in [0.29, 0.717) is 11.9 Å². The van der Waals surface area contributed by atoms with E-state index >= 15 is 0 Å². The zero-order chi connectivity index (χ0) is 18.4. The maximum Gasteiger partial charge on any atom is 0.244 e. The number of aromatic nitrogens is 3. The minimum Gasteiger partial charge on any atom is -0.495 e. The van der Waals surface area contributed by atoms with E-state index in [-0.39, 0.29) is 0 Å². The second kappa shape index (κ2) is 8.69. The summed E-state index contributed by atoms with van der Waals surface area (Å²) in [4.78, 5) is 9.23. The van der Waals surface area contributed by atoms with Crippen LogP contribution in [0.25, 0.3) is 0 Å². The van der Waals surface area contributed by atoms with Gasteiger partial charge >= 0.3 is 0 Å². The first-order valence-electron chi connectivity index (χ1n) is 9.24. The number of nitrogens with one attached hydrogen (secondary N) is 1. The van der Waals surface area contributed by atoms with E-state index in [2.05, 4.69) is 50.2 Å². The van der Waals surface area contributed by atoms with E-state index in [4.69, 9.17) is 4.74 Å². The minimum absolute atomic E-state index is 0.607. The summed E-state index contributed by atoms with van der Waals surface area (Å²) in [6.45, 7) is 8.90. The molecule has 1 aromatic carbocycles. The summed E-state index contributed by atoms with van der Waals surface area (Å²) in [5, 5.41) is 11.5. The first-order valence-corrected chi connectivity index (χ1v) is 9.24. The summed E-state index contributed by atoms with van der Waals surface area (Å²) in [5.41, 5.74) is 1.14. The Balaban J connectivity index is 1.59. The van der Waals surface area contributed by atoms with E-state index in [1.807, 2.05) is 18.2 Å². The van der Waals surface area contributed by atoms with Crippen molar-refractivity contribution in [1.29, 1.82) is 0 Å². The van der Waals surface area contributed by atoms with Gasteiger partial charge in [0.05, 0.1) is 19.0 Å². The molecule has 0 unspecified atom stereocenters. The number of para-hydroxylation sites is 2. The molecule has 0 aliphatic carbocycles. The van der Waals surface area contributed by atoms with Gasteiger partial charge in [-0.3, -0.25) is 0 Å². The molecule has 0 bridgehead atoms. The quantitative estimate of drug-likeness (QED) is 0.818. The zero-order valence-electron chi connectivity index (χ0n) is 15.9. The summed E-state index contributed by atoms with van der Waals surface area (Å²) in [5.74, 6) is 3.06. The highest BCUT2D eigenvalue weighted by Gasteiger charge is 2.21. The number of rotatable bonds is 7. The largest absolute Gasteiger partial charge is 0.495 e. The minimum atomic E-state index is 0.607. The van der Waals surface area contributed by atoms with Gasteiger partial charge in [-0.05, 0) is 24.5 Å². The molecule has 2 aromatic rings. The van der Waals surface area contributed by atoms with Crippen molar-refractivity contribution < 1.29 is 4.74 Å². The van der Waals surface area contributed by atoms with Crippen molar-refractivity contribution in [2.24, 2.45) is 5.92 Å². The molecule has 1 aliphatic heterocycles. The van der Waals surface area contributed by atoms with E-state index < -0.39 is 0 Å². The molecule has 7 heteroatoms. The molecule has 0 radical (unpaired) electrons. The van der Waals surface area contributed by atoms with Crippen LogP contribution in [0.2, 0.25) is 0 Å². The van der Waals surface area contributed by atoms with Crippen LogP contribution in [0, 0.1) is 5.92 Å². The highest BCUT2D eigenvalue weighted by molar-refractivity contribution is 5.59. The van der Waals surface area contributed by atoms with E-state index in [9.17, 15) is 0 Å². The van der Waals surface area contributed by atoms with Crippen molar-refractivity contribution in [3.05, 3.63) is 30.5 Å². The molecule has 2 heterocycles. The number of hydrogen-bond acceptors (Lipinski definition) is 7. The van der Waals surface area contributed by atoms with Crippen molar-refractivity contribution in [1.82, 2.24) is 15.2 Å². The fourth-order valence-electron chi connectivity index (χ4n) is 3.06. The van der Waals surface area contributed by atoms with Crippen molar-refractivity contribution >= 4 is 17.5 Å². The second-order valence-corrected chi connectivity index (χ2v) is 6.89. The van der Waals surface area contributed by atoms with Crippen LogP contribution in [0.5, 0.6) is 5.75 Å². The fraction of sp³-hybridized carbons (Fsp3) is 0.526. The van der Waals surface area contributed by atoms with Gasteiger partial charge in [-0.15, -0.1) is 5.10 Å². The Hall–Kier alpha value is -2.57. The molecule has 140 valence electrons. The van der Waals surface area contributed by atoms with Crippen LogP contribution in [0.1, 0.15) is 20.3 Å². The van der Waals surface area contributed by atoms with Gasteiger partial charge in [0.25, 0.3) is 0 Å². The Kier molecular flexibility index (Phi) is 6.09. The number of anilines is 3. The van der Waals surface area contributed by atoms with Crippen LogP contribution < -0.4 is 19.9 Å². The summed E-state index contributed by atoms with van der Waals surface area (Å²) < 4.78 is 5.49. The molecule has 1 saturated heterocycles. The maximum absolute atomic E-state index is 5.49. The lowest BCUT2D eigenvalue weighted by atomic mass is 10.1. The van der Waals surface area contributed by atoms with Gasteiger partial charge in [-0.2, -0.15) is 10.1 Å². The number of ether oxygens (including phenoxy) is 1.